The minimum absolute atomic E-state index is 0.0363. The van der Waals surface area contributed by atoms with Crippen molar-refractivity contribution in [2.75, 3.05) is 11.3 Å². The highest BCUT2D eigenvalue weighted by molar-refractivity contribution is 7.92. The van der Waals surface area contributed by atoms with Crippen molar-refractivity contribution in [3.63, 3.8) is 0 Å². The van der Waals surface area contributed by atoms with Gasteiger partial charge in [-0.3, -0.25) is 9.52 Å². The molecule has 1 amide bonds. The summed E-state index contributed by atoms with van der Waals surface area (Å²) in [6, 6.07) is 15.2. The van der Waals surface area contributed by atoms with Crippen LogP contribution >= 0.6 is 22.9 Å². The number of nitrogens with one attached hydrogen (secondary N) is 1. The molecule has 2 aromatic carbocycles. The Morgan fingerprint density at radius 2 is 1.90 bits per heavy atom. The van der Waals surface area contributed by atoms with Crippen molar-refractivity contribution >= 4 is 50.6 Å². The van der Waals surface area contributed by atoms with E-state index in [1.54, 1.807) is 59.9 Å². The second-order valence-electron chi connectivity index (χ2n) is 7.23. The number of anilines is 1. The molecule has 3 aromatic rings. The molecule has 1 aromatic heterocycles. The van der Waals surface area contributed by atoms with Crippen LogP contribution in [-0.2, 0) is 14.8 Å². The van der Waals surface area contributed by atoms with Crippen LogP contribution in [0.5, 0.6) is 0 Å². The minimum atomic E-state index is -3.76. The van der Waals surface area contributed by atoms with E-state index < -0.39 is 10.0 Å². The van der Waals surface area contributed by atoms with Gasteiger partial charge in [0.2, 0.25) is 5.91 Å². The summed E-state index contributed by atoms with van der Waals surface area (Å²) < 4.78 is 27.7. The fourth-order valence-electron chi connectivity index (χ4n) is 3.61. The zero-order chi connectivity index (χ0) is 21.8. The van der Waals surface area contributed by atoms with Gasteiger partial charge in [0.25, 0.3) is 10.0 Å². The molecule has 5 nitrogen and oxygen atoms in total. The molecule has 1 aliphatic rings. The number of rotatable bonds is 6. The smallest absolute Gasteiger partial charge is 0.261 e. The Morgan fingerprint density at radius 3 is 2.61 bits per heavy atom. The summed E-state index contributed by atoms with van der Waals surface area (Å²) in [6.07, 6.45) is 5.23. The highest BCUT2D eigenvalue weighted by Gasteiger charge is 2.28. The third-order valence-corrected chi connectivity index (χ3v) is 7.60. The summed E-state index contributed by atoms with van der Waals surface area (Å²) in [6.45, 7) is 0.745. The van der Waals surface area contributed by atoms with E-state index in [0.29, 0.717) is 10.7 Å². The fraction of sp³-hybridized carbons (Fsp3) is 0.174. The summed E-state index contributed by atoms with van der Waals surface area (Å²) in [7, 11) is -3.76. The molecule has 1 fully saturated rings. The Labute approximate surface area is 191 Å². The Morgan fingerprint density at radius 1 is 1.13 bits per heavy atom. The highest BCUT2D eigenvalue weighted by atomic mass is 35.5. The van der Waals surface area contributed by atoms with E-state index in [4.69, 9.17) is 11.6 Å². The molecule has 4 rings (SSSR count). The first kappa shape index (κ1) is 21.6. The monoisotopic (exact) mass is 472 g/mol. The predicted molar refractivity (Wildman–Crippen MR) is 126 cm³/mol. The van der Waals surface area contributed by atoms with Crippen LogP contribution in [0.25, 0.3) is 6.08 Å². The van der Waals surface area contributed by atoms with Crippen molar-refractivity contribution in [3.05, 3.63) is 87.6 Å². The molecule has 0 spiro atoms. The van der Waals surface area contributed by atoms with Gasteiger partial charge in [0.15, 0.2) is 0 Å². The SMILES string of the molecule is O=C(C=Cc1ccc(S(=O)(=O)Nc2ccccc2Cl)cc1)N1CCCC1c1ccsc1. The molecule has 1 saturated heterocycles. The zero-order valence-corrected chi connectivity index (χ0v) is 19.0. The van der Waals surface area contributed by atoms with Gasteiger partial charge in [-0.25, -0.2) is 8.42 Å². The summed E-state index contributed by atoms with van der Waals surface area (Å²) in [4.78, 5) is 14.7. The number of benzene rings is 2. The number of sulfonamides is 1. The Kier molecular flexibility index (Phi) is 6.46. The average molecular weight is 473 g/mol. The van der Waals surface area contributed by atoms with Gasteiger partial charge in [-0.05, 0) is 71.1 Å². The normalized spacial score (nSPS) is 16.7. The van der Waals surface area contributed by atoms with Gasteiger partial charge in [0, 0.05) is 12.6 Å². The first-order valence-corrected chi connectivity index (χ1v) is 12.6. The Balaban J connectivity index is 1.44. The van der Waals surface area contributed by atoms with E-state index >= 15 is 0 Å². The zero-order valence-electron chi connectivity index (χ0n) is 16.6. The van der Waals surface area contributed by atoms with Crippen LogP contribution in [0.3, 0.4) is 0 Å². The molecule has 1 aliphatic heterocycles. The lowest BCUT2D eigenvalue weighted by Crippen LogP contribution is -2.28. The van der Waals surface area contributed by atoms with Gasteiger partial charge >= 0.3 is 0 Å². The number of likely N-dealkylation sites (tertiary alicyclic amines) is 1. The lowest BCUT2D eigenvalue weighted by Gasteiger charge is -2.22. The maximum Gasteiger partial charge on any atom is 0.261 e. The standard InChI is InChI=1S/C23H21ClN2O3S2/c24-20-4-1-2-5-21(20)25-31(28,29)19-10-7-17(8-11-19)9-12-23(27)26-14-3-6-22(26)18-13-15-30-16-18/h1-2,4-5,7-13,15-16,22,25H,3,6,14H2. The first-order chi connectivity index (χ1) is 14.9. The van der Waals surface area contributed by atoms with Gasteiger partial charge in [-0.2, -0.15) is 11.3 Å². The summed E-state index contributed by atoms with van der Waals surface area (Å²) >= 11 is 7.68. The number of hydrogen-bond donors (Lipinski definition) is 1. The molecule has 160 valence electrons. The molecular weight excluding hydrogens is 452 g/mol. The third kappa shape index (κ3) is 5.01. The molecule has 0 aliphatic carbocycles. The molecule has 31 heavy (non-hydrogen) atoms. The first-order valence-electron chi connectivity index (χ1n) is 9.82. The van der Waals surface area contributed by atoms with E-state index in [1.165, 1.54) is 17.7 Å². The summed E-state index contributed by atoms with van der Waals surface area (Å²) in [5, 5.41) is 4.45. The average Bonchev–Trinajstić information content (AvgIpc) is 3.45. The van der Waals surface area contributed by atoms with Crippen molar-refractivity contribution in [2.45, 2.75) is 23.8 Å². The number of amides is 1. The Bertz CT molecular complexity index is 1190. The van der Waals surface area contributed by atoms with Crippen molar-refractivity contribution < 1.29 is 13.2 Å². The van der Waals surface area contributed by atoms with Gasteiger partial charge in [-0.1, -0.05) is 35.9 Å². The predicted octanol–water partition coefficient (Wildman–Crippen LogP) is 5.58. The van der Waals surface area contributed by atoms with Crippen molar-refractivity contribution in [1.82, 2.24) is 4.90 Å². The maximum atomic E-state index is 12.7. The quantitative estimate of drug-likeness (QED) is 0.476. The highest BCUT2D eigenvalue weighted by Crippen LogP contribution is 2.33. The van der Waals surface area contributed by atoms with Crippen LogP contribution in [-0.4, -0.2) is 25.8 Å². The number of nitrogens with zero attached hydrogens (tertiary/aromatic N) is 1. The number of thiophene rings is 1. The summed E-state index contributed by atoms with van der Waals surface area (Å²) in [5.41, 5.74) is 2.26. The van der Waals surface area contributed by atoms with Gasteiger partial charge in [-0.15, -0.1) is 0 Å². The number of hydrogen-bond acceptors (Lipinski definition) is 4. The van der Waals surface area contributed by atoms with E-state index in [2.05, 4.69) is 16.2 Å². The lowest BCUT2D eigenvalue weighted by atomic mass is 10.1. The molecular formula is C23H21ClN2O3S2. The number of carbonyl (C=O) groups is 1. The molecule has 1 N–H and O–H groups in total. The molecule has 8 heteroatoms. The van der Waals surface area contributed by atoms with Crippen molar-refractivity contribution in [3.8, 4) is 0 Å². The second-order valence-corrected chi connectivity index (χ2v) is 10.1. The molecule has 0 bridgehead atoms. The van der Waals surface area contributed by atoms with E-state index in [-0.39, 0.29) is 16.8 Å². The van der Waals surface area contributed by atoms with Gasteiger partial charge in [0.1, 0.15) is 0 Å². The van der Waals surface area contributed by atoms with Crippen LogP contribution in [0, 0.1) is 0 Å². The molecule has 0 radical (unpaired) electrons. The lowest BCUT2D eigenvalue weighted by molar-refractivity contribution is -0.126. The van der Waals surface area contributed by atoms with Crippen molar-refractivity contribution in [2.24, 2.45) is 0 Å². The van der Waals surface area contributed by atoms with Crippen LogP contribution in [0.15, 0.2) is 76.3 Å². The number of carbonyl (C=O) groups excluding carboxylic acids is 1. The van der Waals surface area contributed by atoms with Crippen LogP contribution < -0.4 is 4.72 Å². The van der Waals surface area contributed by atoms with Crippen molar-refractivity contribution in [1.29, 1.82) is 0 Å². The maximum absolute atomic E-state index is 12.7. The minimum Gasteiger partial charge on any atom is -0.332 e. The van der Waals surface area contributed by atoms with Crippen LogP contribution in [0.1, 0.15) is 30.0 Å². The second kappa shape index (κ2) is 9.26. The number of halogens is 1. The Hall–Kier alpha value is -2.61. The van der Waals surface area contributed by atoms with Crippen LogP contribution in [0.2, 0.25) is 5.02 Å². The van der Waals surface area contributed by atoms with Gasteiger partial charge < -0.3 is 4.90 Å². The summed E-state index contributed by atoms with van der Waals surface area (Å²) in [5.74, 6) is -0.0363. The van der Waals surface area contributed by atoms with Gasteiger partial charge in [0.05, 0.1) is 21.6 Å². The fourth-order valence-corrected chi connectivity index (χ4v) is 5.64. The molecule has 1 unspecified atom stereocenters. The molecule has 0 saturated carbocycles. The largest absolute Gasteiger partial charge is 0.332 e. The topological polar surface area (TPSA) is 66.5 Å². The van der Waals surface area contributed by atoms with Crippen LogP contribution in [0.4, 0.5) is 5.69 Å². The number of para-hydroxylation sites is 1. The molecule has 2 heterocycles. The van der Waals surface area contributed by atoms with E-state index in [1.807, 2.05) is 10.3 Å². The molecule has 1 atom stereocenters. The van der Waals surface area contributed by atoms with E-state index in [0.717, 1.165) is 24.9 Å². The third-order valence-electron chi connectivity index (χ3n) is 5.19. The van der Waals surface area contributed by atoms with E-state index in [9.17, 15) is 13.2 Å².